The molecule has 2 aliphatic heterocycles. The highest BCUT2D eigenvalue weighted by molar-refractivity contribution is 5.96. The zero-order valence-electron chi connectivity index (χ0n) is 11.2. The molecule has 96 valence electrons. The maximum Gasteiger partial charge on any atom is 0.195 e. The molecule has 1 aromatic carbocycles. The van der Waals surface area contributed by atoms with Gasteiger partial charge < -0.3 is 16.0 Å². The summed E-state index contributed by atoms with van der Waals surface area (Å²) >= 11 is 0. The van der Waals surface area contributed by atoms with Crippen molar-refractivity contribution in [3.8, 4) is 0 Å². The van der Waals surface area contributed by atoms with Crippen LogP contribution in [0.5, 0.6) is 0 Å². The number of anilines is 2. The number of hydrogen-bond donors (Lipinski definition) is 3. The van der Waals surface area contributed by atoms with E-state index in [1.165, 1.54) is 16.8 Å². The van der Waals surface area contributed by atoms with E-state index in [-0.39, 0.29) is 0 Å². The van der Waals surface area contributed by atoms with Gasteiger partial charge in [-0.15, -0.1) is 0 Å². The molecule has 3 N–H and O–H groups in total. The number of aliphatic imine (C=N–C) groups is 1. The average molecular weight is 244 g/mol. The van der Waals surface area contributed by atoms with Crippen molar-refractivity contribution >= 4 is 17.3 Å². The summed E-state index contributed by atoms with van der Waals surface area (Å²) in [4.78, 5) is 4.37. The fraction of sp³-hybridized carbons (Fsp3) is 0.500. The SMILES string of the molecule is Cc1c(NC2=NCCN2)ccc2c1NC(C)C2C. The number of benzene rings is 1. The summed E-state index contributed by atoms with van der Waals surface area (Å²) in [6.45, 7) is 8.46. The first-order valence-electron chi connectivity index (χ1n) is 6.62. The minimum absolute atomic E-state index is 0.510. The third-order valence-corrected chi connectivity index (χ3v) is 4.04. The van der Waals surface area contributed by atoms with Crippen molar-refractivity contribution in [3.05, 3.63) is 23.3 Å². The van der Waals surface area contributed by atoms with Crippen molar-refractivity contribution in [2.75, 3.05) is 23.7 Å². The Morgan fingerprint density at radius 3 is 2.89 bits per heavy atom. The Balaban J connectivity index is 1.92. The standard InChI is InChI=1S/C14H20N4/c1-8-10(3)17-13-9(2)12(5-4-11(8)13)18-14-15-6-7-16-14/h4-5,8,10,17H,6-7H2,1-3H3,(H2,15,16,18). The van der Waals surface area contributed by atoms with E-state index in [0.29, 0.717) is 12.0 Å². The van der Waals surface area contributed by atoms with Gasteiger partial charge in [0.05, 0.1) is 6.54 Å². The number of nitrogens with one attached hydrogen (secondary N) is 3. The van der Waals surface area contributed by atoms with Crippen molar-refractivity contribution in [2.45, 2.75) is 32.7 Å². The highest BCUT2D eigenvalue weighted by atomic mass is 15.2. The lowest BCUT2D eigenvalue weighted by molar-refractivity contribution is 0.690. The lowest BCUT2D eigenvalue weighted by Gasteiger charge is -2.13. The number of rotatable bonds is 1. The molecule has 0 radical (unpaired) electrons. The van der Waals surface area contributed by atoms with Crippen LogP contribution in [0.25, 0.3) is 0 Å². The first kappa shape index (κ1) is 11.4. The quantitative estimate of drug-likeness (QED) is 0.710. The number of hydrogen-bond acceptors (Lipinski definition) is 4. The van der Waals surface area contributed by atoms with Crippen molar-refractivity contribution < 1.29 is 0 Å². The van der Waals surface area contributed by atoms with Gasteiger partial charge in [-0.25, -0.2) is 0 Å². The Bertz CT molecular complexity index is 507. The fourth-order valence-electron chi connectivity index (χ4n) is 2.67. The molecule has 0 bridgehead atoms. The molecular weight excluding hydrogens is 224 g/mol. The van der Waals surface area contributed by atoms with E-state index in [1.54, 1.807) is 0 Å². The Labute approximate surface area is 108 Å². The van der Waals surface area contributed by atoms with Gasteiger partial charge in [0.1, 0.15) is 0 Å². The first-order valence-corrected chi connectivity index (χ1v) is 6.62. The molecule has 0 aromatic heterocycles. The predicted octanol–water partition coefficient (Wildman–Crippen LogP) is 2.28. The molecule has 0 amide bonds. The molecule has 4 heteroatoms. The Morgan fingerprint density at radius 2 is 2.17 bits per heavy atom. The molecule has 2 heterocycles. The molecular formula is C14H20N4. The summed E-state index contributed by atoms with van der Waals surface area (Å²) in [6, 6.07) is 4.89. The van der Waals surface area contributed by atoms with Gasteiger partial charge in [-0.2, -0.15) is 0 Å². The number of guanidine groups is 1. The molecule has 18 heavy (non-hydrogen) atoms. The van der Waals surface area contributed by atoms with Crippen molar-refractivity contribution in [1.29, 1.82) is 0 Å². The van der Waals surface area contributed by atoms with Crippen molar-refractivity contribution in [2.24, 2.45) is 4.99 Å². The highest BCUT2D eigenvalue weighted by Gasteiger charge is 2.27. The minimum atomic E-state index is 0.510. The molecule has 1 aromatic rings. The third-order valence-electron chi connectivity index (χ3n) is 4.04. The van der Waals surface area contributed by atoms with Crippen LogP contribution in [-0.2, 0) is 0 Å². The smallest absolute Gasteiger partial charge is 0.195 e. The van der Waals surface area contributed by atoms with Gasteiger partial charge in [0.25, 0.3) is 0 Å². The van der Waals surface area contributed by atoms with E-state index in [2.05, 4.69) is 53.8 Å². The summed E-state index contributed by atoms with van der Waals surface area (Å²) in [7, 11) is 0. The van der Waals surface area contributed by atoms with Crippen LogP contribution in [0, 0.1) is 6.92 Å². The molecule has 2 unspecified atom stereocenters. The molecule has 0 saturated carbocycles. The molecule has 4 nitrogen and oxygen atoms in total. The van der Waals surface area contributed by atoms with E-state index in [9.17, 15) is 0 Å². The minimum Gasteiger partial charge on any atom is -0.381 e. The van der Waals surface area contributed by atoms with Crippen LogP contribution in [-0.4, -0.2) is 25.1 Å². The topological polar surface area (TPSA) is 48.5 Å². The first-order chi connectivity index (χ1) is 8.66. The van der Waals surface area contributed by atoms with Crippen LogP contribution in [0.4, 0.5) is 11.4 Å². The van der Waals surface area contributed by atoms with Gasteiger partial charge in [-0.05, 0) is 31.0 Å². The fourth-order valence-corrected chi connectivity index (χ4v) is 2.67. The van der Waals surface area contributed by atoms with Crippen LogP contribution in [0.1, 0.15) is 30.9 Å². The maximum absolute atomic E-state index is 4.37. The average Bonchev–Trinajstić information content (AvgIpc) is 2.95. The van der Waals surface area contributed by atoms with Crippen LogP contribution in [0.15, 0.2) is 17.1 Å². The van der Waals surface area contributed by atoms with Gasteiger partial charge in [0.2, 0.25) is 0 Å². The molecule has 0 spiro atoms. The second-order valence-corrected chi connectivity index (χ2v) is 5.21. The van der Waals surface area contributed by atoms with E-state index in [0.717, 1.165) is 24.7 Å². The number of nitrogens with zero attached hydrogens (tertiary/aromatic N) is 1. The summed E-state index contributed by atoms with van der Waals surface area (Å²) in [5.41, 5.74) is 5.13. The summed E-state index contributed by atoms with van der Waals surface area (Å²) < 4.78 is 0. The lowest BCUT2D eigenvalue weighted by Crippen LogP contribution is -2.26. The Hall–Kier alpha value is -1.71. The van der Waals surface area contributed by atoms with E-state index >= 15 is 0 Å². The van der Waals surface area contributed by atoms with Crippen molar-refractivity contribution in [1.82, 2.24) is 5.32 Å². The van der Waals surface area contributed by atoms with Gasteiger partial charge in [-0.3, -0.25) is 4.99 Å². The van der Waals surface area contributed by atoms with E-state index in [1.807, 2.05) is 0 Å². The van der Waals surface area contributed by atoms with E-state index in [4.69, 9.17) is 0 Å². The molecule has 0 aliphatic carbocycles. The lowest BCUT2D eigenvalue weighted by atomic mass is 9.96. The molecule has 2 aliphatic rings. The monoisotopic (exact) mass is 244 g/mol. The third kappa shape index (κ3) is 1.72. The summed E-state index contributed by atoms with van der Waals surface area (Å²) in [6.07, 6.45) is 0. The zero-order chi connectivity index (χ0) is 12.7. The van der Waals surface area contributed by atoms with Crippen LogP contribution in [0.3, 0.4) is 0 Å². The Kier molecular flexibility index (Phi) is 2.65. The highest BCUT2D eigenvalue weighted by Crippen LogP contribution is 2.40. The summed E-state index contributed by atoms with van der Waals surface area (Å²) in [5.74, 6) is 1.46. The van der Waals surface area contributed by atoms with Crippen molar-refractivity contribution in [3.63, 3.8) is 0 Å². The van der Waals surface area contributed by atoms with Gasteiger partial charge in [0, 0.05) is 29.9 Å². The van der Waals surface area contributed by atoms with Gasteiger partial charge >= 0.3 is 0 Å². The summed E-state index contributed by atoms with van der Waals surface area (Å²) in [5, 5.41) is 10.2. The second kappa shape index (κ2) is 4.19. The van der Waals surface area contributed by atoms with E-state index < -0.39 is 0 Å². The zero-order valence-corrected chi connectivity index (χ0v) is 11.2. The van der Waals surface area contributed by atoms with Crippen LogP contribution < -0.4 is 16.0 Å². The molecule has 0 saturated heterocycles. The normalized spacial score (nSPS) is 25.2. The largest absolute Gasteiger partial charge is 0.381 e. The Morgan fingerprint density at radius 1 is 1.33 bits per heavy atom. The molecule has 2 atom stereocenters. The van der Waals surface area contributed by atoms with Crippen LogP contribution in [0.2, 0.25) is 0 Å². The predicted molar refractivity (Wildman–Crippen MR) is 76.6 cm³/mol. The number of fused-ring (bicyclic) bond motifs is 1. The van der Waals surface area contributed by atoms with Gasteiger partial charge in [-0.1, -0.05) is 13.0 Å². The maximum atomic E-state index is 4.37. The molecule has 0 fully saturated rings. The molecule has 3 rings (SSSR count). The van der Waals surface area contributed by atoms with Gasteiger partial charge in [0.15, 0.2) is 5.96 Å². The second-order valence-electron chi connectivity index (χ2n) is 5.21. The van der Waals surface area contributed by atoms with Crippen LogP contribution >= 0.6 is 0 Å².